The molecule has 1 aliphatic heterocycles. The van der Waals surface area contributed by atoms with E-state index in [1.54, 1.807) is 5.01 Å². The fourth-order valence-electron chi connectivity index (χ4n) is 2.75. The third-order valence-electron chi connectivity index (χ3n) is 4.09. The van der Waals surface area contributed by atoms with Crippen molar-refractivity contribution < 1.29 is 14.1 Å². The predicted octanol–water partition coefficient (Wildman–Crippen LogP) is 3.38. The molecule has 0 atom stereocenters. The molecule has 1 aliphatic rings. The Kier molecular flexibility index (Phi) is 6.70. The van der Waals surface area contributed by atoms with E-state index in [4.69, 9.17) is 11.6 Å². The average Bonchev–Trinajstić information content (AvgIpc) is 2.62. The maximum atomic E-state index is 14.5. The summed E-state index contributed by atoms with van der Waals surface area (Å²) in [6.07, 6.45) is 3.86. The minimum absolute atomic E-state index is 0.0607. The molecule has 0 spiro atoms. The van der Waals surface area contributed by atoms with Crippen molar-refractivity contribution in [2.75, 3.05) is 32.0 Å². The fourth-order valence-corrected chi connectivity index (χ4v) is 3.11. The van der Waals surface area contributed by atoms with Gasteiger partial charge >= 0.3 is 0 Å². The summed E-state index contributed by atoms with van der Waals surface area (Å²) < 4.78 is 14.5. The van der Waals surface area contributed by atoms with E-state index in [2.05, 4.69) is 11.9 Å². The molecule has 1 N–H and O–H groups in total. The molecule has 0 unspecified atom stereocenters. The minimum Gasteiger partial charge on any atom is -0.376 e. The SMILES string of the molecule is C=CCNc1cc(/C(C=O)=C(\Cl)N2CCCCN2C)c(F)cc1[N+](=O)[O-]. The fraction of sp³-hybridized carbons (Fsp3) is 0.353. The standard InChI is InChI=1S/C17H20ClFN4O3/c1-3-6-20-15-9-12(14(19)10-16(15)23(25)26)13(11-24)17(18)22-8-5-4-7-21(22)2/h3,9-11,20H,1,4-8H2,2H3/b17-13+. The number of nitrogens with one attached hydrogen (secondary N) is 1. The van der Waals surface area contributed by atoms with Crippen LogP contribution in [0.4, 0.5) is 15.8 Å². The van der Waals surface area contributed by atoms with Crippen molar-refractivity contribution in [3.63, 3.8) is 0 Å². The maximum Gasteiger partial charge on any atom is 0.295 e. The third kappa shape index (κ3) is 4.20. The summed E-state index contributed by atoms with van der Waals surface area (Å²) in [6, 6.07) is 2.02. The quantitative estimate of drug-likeness (QED) is 0.194. The normalized spacial score (nSPS) is 16.0. The van der Waals surface area contributed by atoms with E-state index < -0.39 is 16.4 Å². The molecule has 1 heterocycles. The molecule has 140 valence electrons. The number of anilines is 1. The van der Waals surface area contributed by atoms with Crippen LogP contribution in [0.15, 0.2) is 29.9 Å². The van der Waals surface area contributed by atoms with Crippen LogP contribution in [0.25, 0.3) is 5.57 Å². The Morgan fingerprint density at radius 2 is 2.15 bits per heavy atom. The van der Waals surface area contributed by atoms with Gasteiger partial charge in [-0.1, -0.05) is 17.7 Å². The Morgan fingerprint density at radius 1 is 1.46 bits per heavy atom. The number of aldehydes is 1. The summed E-state index contributed by atoms with van der Waals surface area (Å²) in [7, 11) is 1.83. The van der Waals surface area contributed by atoms with Gasteiger partial charge in [0, 0.05) is 32.2 Å². The van der Waals surface area contributed by atoms with Gasteiger partial charge in [-0.05, 0) is 18.9 Å². The zero-order chi connectivity index (χ0) is 19.3. The molecule has 26 heavy (non-hydrogen) atoms. The second-order valence-corrected chi connectivity index (χ2v) is 6.17. The smallest absolute Gasteiger partial charge is 0.295 e. The van der Waals surface area contributed by atoms with Crippen molar-refractivity contribution in [3.8, 4) is 0 Å². The highest BCUT2D eigenvalue weighted by molar-refractivity contribution is 6.36. The van der Waals surface area contributed by atoms with Crippen LogP contribution in [-0.4, -0.2) is 47.9 Å². The van der Waals surface area contributed by atoms with E-state index in [-0.39, 0.29) is 28.5 Å². The van der Waals surface area contributed by atoms with Crippen molar-refractivity contribution in [1.29, 1.82) is 0 Å². The minimum atomic E-state index is -0.888. The molecular formula is C17H20ClFN4O3. The van der Waals surface area contributed by atoms with Gasteiger partial charge < -0.3 is 5.32 Å². The van der Waals surface area contributed by atoms with Gasteiger partial charge in [0.25, 0.3) is 5.69 Å². The number of carbonyl (C=O) groups is 1. The van der Waals surface area contributed by atoms with Crippen LogP contribution in [0.5, 0.6) is 0 Å². The lowest BCUT2D eigenvalue weighted by molar-refractivity contribution is -0.384. The van der Waals surface area contributed by atoms with Gasteiger partial charge in [-0.3, -0.25) is 19.9 Å². The molecule has 1 fully saturated rings. The van der Waals surface area contributed by atoms with E-state index in [9.17, 15) is 19.3 Å². The summed E-state index contributed by atoms with van der Waals surface area (Å²) in [6.45, 7) is 5.14. The largest absolute Gasteiger partial charge is 0.376 e. The number of carbonyl (C=O) groups excluding carboxylic acids is 1. The van der Waals surface area contributed by atoms with Crippen molar-refractivity contribution in [2.24, 2.45) is 0 Å². The molecule has 0 bridgehead atoms. The Morgan fingerprint density at radius 3 is 2.73 bits per heavy atom. The molecule has 9 heteroatoms. The molecule has 7 nitrogen and oxygen atoms in total. The zero-order valence-electron chi connectivity index (χ0n) is 14.4. The van der Waals surface area contributed by atoms with Gasteiger partial charge in [-0.25, -0.2) is 9.40 Å². The summed E-state index contributed by atoms with van der Waals surface area (Å²) in [4.78, 5) is 22.1. The first-order valence-corrected chi connectivity index (χ1v) is 8.45. The molecule has 0 amide bonds. The van der Waals surface area contributed by atoms with Crippen LogP contribution in [0.3, 0.4) is 0 Å². The number of benzene rings is 1. The topological polar surface area (TPSA) is 78.7 Å². The lowest BCUT2D eigenvalue weighted by Crippen LogP contribution is -2.43. The summed E-state index contributed by atoms with van der Waals surface area (Å²) in [5.74, 6) is -0.888. The summed E-state index contributed by atoms with van der Waals surface area (Å²) in [5, 5.41) is 17.6. The maximum absolute atomic E-state index is 14.5. The first kappa shape index (κ1) is 19.9. The van der Waals surface area contributed by atoms with Gasteiger partial charge in [0.1, 0.15) is 16.7 Å². The van der Waals surface area contributed by atoms with E-state index >= 15 is 0 Å². The van der Waals surface area contributed by atoms with Gasteiger partial charge in [0.2, 0.25) is 0 Å². The Hall–Kier alpha value is -2.45. The molecule has 0 saturated carbocycles. The van der Waals surface area contributed by atoms with Crippen LogP contribution in [-0.2, 0) is 4.79 Å². The van der Waals surface area contributed by atoms with E-state index in [0.29, 0.717) is 12.8 Å². The Bertz CT molecular complexity index is 754. The van der Waals surface area contributed by atoms with E-state index in [1.807, 2.05) is 12.1 Å². The van der Waals surface area contributed by atoms with Gasteiger partial charge in [0.15, 0.2) is 6.29 Å². The number of allylic oxidation sites excluding steroid dienone is 1. The second kappa shape index (κ2) is 8.77. The molecule has 0 aromatic heterocycles. The number of hydrogen-bond acceptors (Lipinski definition) is 6. The van der Waals surface area contributed by atoms with Gasteiger partial charge in [-0.2, -0.15) is 0 Å². The number of nitro groups is 1. The van der Waals surface area contributed by atoms with Crippen molar-refractivity contribution in [1.82, 2.24) is 10.0 Å². The number of nitro benzene ring substituents is 1. The highest BCUT2D eigenvalue weighted by Crippen LogP contribution is 2.33. The molecule has 0 radical (unpaired) electrons. The number of nitrogens with zero attached hydrogens (tertiary/aromatic N) is 3. The second-order valence-electron chi connectivity index (χ2n) is 5.81. The Labute approximate surface area is 155 Å². The van der Waals surface area contributed by atoms with Crippen molar-refractivity contribution >= 4 is 34.8 Å². The van der Waals surface area contributed by atoms with Crippen LogP contribution >= 0.6 is 11.6 Å². The van der Waals surface area contributed by atoms with Crippen LogP contribution in [0, 0.1) is 15.9 Å². The first-order valence-electron chi connectivity index (χ1n) is 8.07. The molecule has 1 aromatic rings. The van der Waals surface area contributed by atoms with E-state index in [0.717, 1.165) is 25.5 Å². The highest BCUT2D eigenvalue weighted by atomic mass is 35.5. The molecule has 1 aromatic carbocycles. The number of rotatable bonds is 7. The number of halogens is 2. The molecular weight excluding hydrogens is 363 g/mol. The highest BCUT2D eigenvalue weighted by Gasteiger charge is 2.25. The Balaban J connectivity index is 2.55. The lowest BCUT2D eigenvalue weighted by Gasteiger charge is -2.37. The monoisotopic (exact) mass is 382 g/mol. The summed E-state index contributed by atoms with van der Waals surface area (Å²) in [5.41, 5.74) is -0.498. The zero-order valence-corrected chi connectivity index (χ0v) is 15.1. The number of hydrogen-bond donors (Lipinski definition) is 1. The number of hydrazine groups is 1. The summed E-state index contributed by atoms with van der Waals surface area (Å²) >= 11 is 6.38. The molecule has 2 rings (SSSR count). The molecule has 0 aliphatic carbocycles. The van der Waals surface area contributed by atoms with Crippen molar-refractivity contribution in [3.05, 3.63) is 51.4 Å². The van der Waals surface area contributed by atoms with Crippen LogP contribution in [0.2, 0.25) is 0 Å². The predicted molar refractivity (Wildman–Crippen MR) is 99.1 cm³/mol. The average molecular weight is 383 g/mol. The van der Waals surface area contributed by atoms with Crippen LogP contribution in [0.1, 0.15) is 18.4 Å². The third-order valence-corrected chi connectivity index (χ3v) is 4.49. The van der Waals surface area contributed by atoms with Crippen LogP contribution < -0.4 is 5.32 Å². The molecule has 1 saturated heterocycles. The first-order chi connectivity index (χ1) is 12.4. The van der Waals surface area contributed by atoms with Crippen molar-refractivity contribution in [2.45, 2.75) is 12.8 Å². The van der Waals surface area contributed by atoms with Gasteiger partial charge in [-0.15, -0.1) is 6.58 Å². The lowest BCUT2D eigenvalue weighted by atomic mass is 10.0. The van der Waals surface area contributed by atoms with Gasteiger partial charge in [0.05, 0.1) is 16.6 Å². The van der Waals surface area contributed by atoms with E-state index in [1.165, 1.54) is 12.1 Å².